The van der Waals surface area contributed by atoms with E-state index >= 15 is 0 Å². The Morgan fingerprint density at radius 2 is 1.40 bits per heavy atom. The summed E-state index contributed by atoms with van der Waals surface area (Å²) in [5.41, 5.74) is 2.77. The second kappa shape index (κ2) is 12.8. The molecule has 1 amide bonds. The third kappa shape index (κ3) is 7.37. The van der Waals surface area contributed by atoms with E-state index in [1.807, 2.05) is 41.0 Å². The van der Waals surface area contributed by atoms with E-state index in [0.717, 1.165) is 29.0 Å². The average Bonchev–Trinajstić information content (AvgIpc) is 3.51. The van der Waals surface area contributed by atoms with Crippen molar-refractivity contribution in [2.24, 2.45) is 0 Å². The van der Waals surface area contributed by atoms with Crippen molar-refractivity contribution in [3.8, 4) is 22.9 Å². The summed E-state index contributed by atoms with van der Waals surface area (Å²) < 4.78 is 19.3. The summed E-state index contributed by atoms with van der Waals surface area (Å²) in [6.45, 7) is 1.60. The summed E-state index contributed by atoms with van der Waals surface area (Å²) in [5, 5.41) is 16.5. The number of aliphatic carboxylic acids is 1. The number of likely N-dealkylation sites (tertiary alicyclic amines) is 1. The molecular formula is C30H30N4O6. The molecule has 0 spiro atoms. The van der Waals surface area contributed by atoms with Gasteiger partial charge in [-0.05, 0) is 59.7 Å². The minimum Gasteiger partial charge on any atom is -0.493 e. The van der Waals surface area contributed by atoms with Gasteiger partial charge in [-0.2, -0.15) is 0 Å². The molecule has 206 valence electrons. The van der Waals surface area contributed by atoms with Crippen LogP contribution in [0.5, 0.6) is 17.2 Å². The highest BCUT2D eigenvalue weighted by Gasteiger charge is 2.25. The molecule has 1 aliphatic rings. The van der Waals surface area contributed by atoms with Crippen molar-refractivity contribution in [1.29, 1.82) is 0 Å². The van der Waals surface area contributed by atoms with E-state index in [-0.39, 0.29) is 18.6 Å². The summed E-state index contributed by atoms with van der Waals surface area (Å²) in [6.07, 6.45) is 4.99. The Balaban J connectivity index is 1.01. The minimum absolute atomic E-state index is 0.0113. The Labute approximate surface area is 231 Å². The summed E-state index contributed by atoms with van der Waals surface area (Å²) >= 11 is 0. The molecule has 0 radical (unpaired) electrons. The first kappa shape index (κ1) is 26.7. The second-order valence-corrected chi connectivity index (χ2v) is 9.49. The molecular weight excluding hydrogens is 512 g/mol. The number of rotatable bonds is 10. The van der Waals surface area contributed by atoms with E-state index in [2.05, 4.69) is 10.2 Å². The van der Waals surface area contributed by atoms with Crippen LogP contribution < -0.4 is 14.2 Å². The highest BCUT2D eigenvalue weighted by molar-refractivity contribution is 5.71. The molecule has 1 N–H and O–H groups in total. The Hall–Kier alpha value is -4.86. The number of ether oxygens (including phenoxy) is 3. The summed E-state index contributed by atoms with van der Waals surface area (Å²) in [6, 6.07) is 22.3. The third-order valence-corrected chi connectivity index (χ3v) is 6.62. The highest BCUT2D eigenvalue weighted by Crippen LogP contribution is 2.22. The monoisotopic (exact) mass is 542 g/mol. The zero-order chi connectivity index (χ0) is 27.7. The fourth-order valence-electron chi connectivity index (χ4n) is 4.43. The van der Waals surface area contributed by atoms with Gasteiger partial charge in [0, 0.05) is 38.0 Å². The predicted octanol–water partition coefficient (Wildman–Crippen LogP) is 4.56. The molecule has 0 saturated carbocycles. The number of piperidine rings is 1. The largest absolute Gasteiger partial charge is 0.493 e. The SMILES string of the molecule is O=C(O)Cc1ccc(OC2CCN(C(=O)Oc3ccc(CCOc4ccc(-n5cnnc5)cc4)cc3)CC2)cc1. The summed E-state index contributed by atoms with van der Waals surface area (Å²) in [5.74, 6) is 1.11. The fraction of sp³-hybridized carbons (Fsp3) is 0.267. The fourth-order valence-corrected chi connectivity index (χ4v) is 4.43. The van der Waals surface area contributed by atoms with Crippen LogP contribution in [0.3, 0.4) is 0 Å². The molecule has 10 heteroatoms. The van der Waals surface area contributed by atoms with Crippen LogP contribution in [0.25, 0.3) is 5.69 Å². The summed E-state index contributed by atoms with van der Waals surface area (Å²) in [7, 11) is 0. The molecule has 1 aromatic heterocycles. The van der Waals surface area contributed by atoms with Crippen molar-refractivity contribution in [3.05, 3.63) is 96.6 Å². The topological polar surface area (TPSA) is 116 Å². The standard InChI is InChI=1S/C30H30N4O6/c35-29(36)19-23-3-9-26(10-4-23)39-28-13-16-33(17-14-28)30(37)40-27-7-1-22(2-8-27)15-18-38-25-11-5-24(6-12-25)34-20-31-32-21-34/h1-12,20-21,28H,13-19H2,(H,35,36). The van der Waals surface area contributed by atoms with Crippen LogP contribution in [0.1, 0.15) is 24.0 Å². The summed E-state index contributed by atoms with van der Waals surface area (Å²) in [4.78, 5) is 25.2. The molecule has 0 aliphatic carbocycles. The van der Waals surface area contributed by atoms with Gasteiger partial charge in [-0.3, -0.25) is 9.36 Å². The van der Waals surface area contributed by atoms with E-state index in [1.165, 1.54) is 0 Å². The number of carboxylic acid groups (broad SMARTS) is 1. The number of carboxylic acids is 1. The first-order valence-electron chi connectivity index (χ1n) is 13.1. The molecule has 0 atom stereocenters. The normalized spacial score (nSPS) is 13.6. The lowest BCUT2D eigenvalue weighted by molar-refractivity contribution is -0.136. The van der Waals surface area contributed by atoms with E-state index < -0.39 is 5.97 Å². The lowest BCUT2D eigenvalue weighted by Crippen LogP contribution is -2.43. The third-order valence-electron chi connectivity index (χ3n) is 6.62. The Bertz CT molecular complexity index is 1380. The maximum atomic E-state index is 12.7. The molecule has 1 saturated heterocycles. The maximum absolute atomic E-state index is 12.7. The molecule has 1 aliphatic heterocycles. The molecule has 2 heterocycles. The lowest BCUT2D eigenvalue weighted by atomic mass is 10.1. The van der Waals surface area contributed by atoms with E-state index in [1.54, 1.807) is 54.0 Å². The van der Waals surface area contributed by atoms with Crippen molar-refractivity contribution in [2.45, 2.75) is 31.8 Å². The molecule has 10 nitrogen and oxygen atoms in total. The molecule has 3 aromatic carbocycles. The van der Waals surface area contributed by atoms with Gasteiger partial charge in [-0.25, -0.2) is 4.79 Å². The number of benzene rings is 3. The number of nitrogens with zero attached hydrogens (tertiary/aromatic N) is 4. The zero-order valence-corrected chi connectivity index (χ0v) is 21.9. The van der Waals surface area contributed by atoms with Crippen LogP contribution in [0.15, 0.2) is 85.5 Å². The number of carbonyl (C=O) groups excluding carboxylic acids is 1. The quantitative estimate of drug-likeness (QED) is 0.310. The number of hydrogen-bond acceptors (Lipinski definition) is 7. The Morgan fingerprint density at radius 1 is 0.800 bits per heavy atom. The average molecular weight is 543 g/mol. The van der Waals surface area contributed by atoms with Crippen LogP contribution in [0.4, 0.5) is 4.79 Å². The van der Waals surface area contributed by atoms with Crippen LogP contribution in [0, 0.1) is 0 Å². The van der Waals surface area contributed by atoms with Crippen LogP contribution >= 0.6 is 0 Å². The van der Waals surface area contributed by atoms with E-state index in [0.29, 0.717) is 44.0 Å². The first-order valence-corrected chi connectivity index (χ1v) is 13.1. The van der Waals surface area contributed by atoms with Crippen molar-refractivity contribution in [3.63, 3.8) is 0 Å². The Morgan fingerprint density at radius 3 is 2.05 bits per heavy atom. The second-order valence-electron chi connectivity index (χ2n) is 9.49. The van der Waals surface area contributed by atoms with Gasteiger partial charge in [0.15, 0.2) is 0 Å². The number of amides is 1. The van der Waals surface area contributed by atoms with Crippen molar-refractivity contribution >= 4 is 12.1 Å². The van der Waals surface area contributed by atoms with E-state index in [9.17, 15) is 9.59 Å². The Kier molecular flexibility index (Phi) is 8.55. The van der Waals surface area contributed by atoms with Crippen molar-refractivity contribution in [2.75, 3.05) is 19.7 Å². The zero-order valence-electron chi connectivity index (χ0n) is 21.9. The van der Waals surface area contributed by atoms with E-state index in [4.69, 9.17) is 19.3 Å². The van der Waals surface area contributed by atoms with Gasteiger partial charge >= 0.3 is 12.1 Å². The van der Waals surface area contributed by atoms with Crippen molar-refractivity contribution in [1.82, 2.24) is 19.7 Å². The maximum Gasteiger partial charge on any atom is 0.415 e. The van der Waals surface area contributed by atoms with Crippen LogP contribution in [-0.2, 0) is 17.6 Å². The smallest absolute Gasteiger partial charge is 0.415 e. The van der Waals surface area contributed by atoms with Gasteiger partial charge in [0.1, 0.15) is 36.0 Å². The lowest BCUT2D eigenvalue weighted by Gasteiger charge is -2.31. The molecule has 40 heavy (non-hydrogen) atoms. The van der Waals surface area contributed by atoms with Crippen LogP contribution in [0.2, 0.25) is 0 Å². The van der Waals surface area contributed by atoms with Gasteiger partial charge < -0.3 is 24.2 Å². The van der Waals surface area contributed by atoms with Crippen LogP contribution in [-0.4, -0.2) is 62.6 Å². The number of hydrogen-bond donors (Lipinski definition) is 1. The highest BCUT2D eigenvalue weighted by atomic mass is 16.6. The van der Waals surface area contributed by atoms with Crippen molar-refractivity contribution < 1.29 is 28.9 Å². The number of aromatic nitrogens is 3. The molecule has 0 unspecified atom stereocenters. The number of carbonyl (C=O) groups is 2. The minimum atomic E-state index is -0.864. The molecule has 5 rings (SSSR count). The predicted molar refractivity (Wildman–Crippen MR) is 146 cm³/mol. The first-order chi connectivity index (χ1) is 19.5. The molecule has 1 fully saturated rings. The molecule has 4 aromatic rings. The van der Waals surface area contributed by atoms with Gasteiger partial charge in [0.05, 0.1) is 13.0 Å². The van der Waals surface area contributed by atoms with Gasteiger partial charge in [-0.1, -0.05) is 24.3 Å². The van der Waals surface area contributed by atoms with Gasteiger partial charge in [-0.15, -0.1) is 10.2 Å². The molecule has 0 bridgehead atoms. The van der Waals surface area contributed by atoms with Gasteiger partial charge in [0.25, 0.3) is 0 Å². The van der Waals surface area contributed by atoms with Gasteiger partial charge in [0.2, 0.25) is 0 Å².